The third kappa shape index (κ3) is 2.41. The predicted molar refractivity (Wildman–Crippen MR) is 75.4 cm³/mol. The van der Waals surface area contributed by atoms with Crippen LogP contribution in [0, 0.1) is 11.7 Å². The number of nitrogens with two attached hydrogens (primary N) is 2. The Kier molecular flexibility index (Phi) is 3.22. The van der Waals surface area contributed by atoms with Crippen molar-refractivity contribution in [2.24, 2.45) is 5.73 Å². The average molecular weight is 276 g/mol. The minimum atomic E-state index is -0.628. The van der Waals surface area contributed by atoms with Crippen LogP contribution in [0.15, 0.2) is 23.0 Å². The molecule has 0 fully saturated rings. The summed E-state index contributed by atoms with van der Waals surface area (Å²) in [4.78, 5) is 28.5. The molecule has 1 aromatic heterocycles. The van der Waals surface area contributed by atoms with Gasteiger partial charge in [0, 0.05) is 11.1 Å². The number of benzene rings is 1. The molecule has 6 N–H and O–H groups in total. The molecule has 1 amide bonds. The maximum atomic E-state index is 12.0. The SMILES string of the molecule is Cc1ccc(C(N)=O)c(-c2c(N)[nH]c(=S)[nH]c2=O)c1. The highest BCUT2D eigenvalue weighted by Gasteiger charge is 2.16. The Labute approximate surface area is 113 Å². The molecule has 0 bridgehead atoms. The Morgan fingerprint density at radius 1 is 1.32 bits per heavy atom. The summed E-state index contributed by atoms with van der Waals surface area (Å²) < 4.78 is 0.125. The molecule has 0 spiro atoms. The summed E-state index contributed by atoms with van der Waals surface area (Å²) in [5, 5.41) is 0. The molecule has 98 valence electrons. The van der Waals surface area contributed by atoms with Crippen LogP contribution in [-0.4, -0.2) is 15.9 Å². The van der Waals surface area contributed by atoms with Crippen molar-refractivity contribution in [1.29, 1.82) is 0 Å². The van der Waals surface area contributed by atoms with Gasteiger partial charge in [0.15, 0.2) is 4.77 Å². The van der Waals surface area contributed by atoms with Gasteiger partial charge in [0.25, 0.3) is 5.56 Å². The summed E-state index contributed by atoms with van der Waals surface area (Å²) >= 11 is 4.82. The summed E-state index contributed by atoms with van der Waals surface area (Å²) in [6.07, 6.45) is 0. The number of carbonyl (C=O) groups excluding carboxylic acids is 1. The zero-order valence-corrected chi connectivity index (χ0v) is 10.9. The normalized spacial score (nSPS) is 10.4. The first-order chi connectivity index (χ1) is 8.90. The Bertz CT molecular complexity index is 776. The molecule has 1 aromatic carbocycles. The third-order valence-electron chi connectivity index (χ3n) is 2.68. The second-order valence-electron chi connectivity index (χ2n) is 4.11. The number of hydrogen-bond acceptors (Lipinski definition) is 4. The second kappa shape index (κ2) is 4.69. The number of nitrogen functional groups attached to an aromatic ring is 1. The molecule has 0 saturated heterocycles. The first-order valence-corrected chi connectivity index (χ1v) is 5.84. The number of amides is 1. The van der Waals surface area contributed by atoms with E-state index in [0.717, 1.165) is 5.56 Å². The lowest BCUT2D eigenvalue weighted by Crippen LogP contribution is -2.18. The Hall–Kier alpha value is -2.41. The number of primary amides is 1. The fraction of sp³-hybridized carbons (Fsp3) is 0.0833. The summed E-state index contributed by atoms with van der Waals surface area (Å²) in [5.41, 5.74) is 12.3. The lowest BCUT2D eigenvalue weighted by Gasteiger charge is -2.09. The molecule has 0 atom stereocenters. The van der Waals surface area contributed by atoms with Gasteiger partial charge >= 0.3 is 0 Å². The maximum absolute atomic E-state index is 12.0. The summed E-state index contributed by atoms with van der Waals surface area (Å²) in [7, 11) is 0. The molecule has 6 nitrogen and oxygen atoms in total. The highest BCUT2D eigenvalue weighted by atomic mass is 32.1. The van der Waals surface area contributed by atoms with E-state index in [4.69, 9.17) is 23.7 Å². The van der Waals surface area contributed by atoms with E-state index in [0.29, 0.717) is 5.56 Å². The Morgan fingerprint density at radius 2 is 2.00 bits per heavy atom. The summed E-state index contributed by atoms with van der Waals surface area (Å²) in [6.45, 7) is 1.84. The molecule has 0 aliphatic rings. The molecule has 2 aromatic rings. The van der Waals surface area contributed by atoms with E-state index in [9.17, 15) is 9.59 Å². The molecule has 1 heterocycles. The minimum Gasteiger partial charge on any atom is -0.385 e. The molecule has 0 aliphatic heterocycles. The van der Waals surface area contributed by atoms with Crippen LogP contribution in [0.2, 0.25) is 0 Å². The number of hydrogen-bond donors (Lipinski definition) is 4. The van der Waals surface area contributed by atoms with Gasteiger partial charge in [-0.1, -0.05) is 17.7 Å². The van der Waals surface area contributed by atoms with Crippen molar-refractivity contribution in [3.8, 4) is 11.1 Å². The number of aryl methyl sites for hydroxylation is 1. The van der Waals surface area contributed by atoms with Crippen molar-refractivity contribution in [2.45, 2.75) is 6.92 Å². The van der Waals surface area contributed by atoms with Gasteiger partial charge in [-0.15, -0.1) is 0 Å². The lowest BCUT2D eigenvalue weighted by molar-refractivity contribution is 0.100. The molecule has 19 heavy (non-hydrogen) atoms. The number of nitrogens with one attached hydrogen (secondary N) is 2. The van der Waals surface area contributed by atoms with Crippen molar-refractivity contribution >= 4 is 23.9 Å². The van der Waals surface area contributed by atoms with E-state index in [-0.39, 0.29) is 21.7 Å². The molecule has 2 rings (SSSR count). The van der Waals surface area contributed by atoms with Crippen LogP contribution < -0.4 is 17.0 Å². The zero-order valence-electron chi connectivity index (χ0n) is 10.1. The van der Waals surface area contributed by atoms with Crippen LogP contribution in [0.1, 0.15) is 15.9 Å². The Balaban J connectivity index is 2.86. The molecule has 0 unspecified atom stereocenters. The number of carbonyl (C=O) groups is 1. The van der Waals surface area contributed by atoms with Gasteiger partial charge in [0.05, 0.1) is 5.56 Å². The van der Waals surface area contributed by atoms with Crippen LogP contribution in [0.3, 0.4) is 0 Å². The van der Waals surface area contributed by atoms with Crippen LogP contribution in [-0.2, 0) is 0 Å². The van der Waals surface area contributed by atoms with E-state index in [1.165, 1.54) is 0 Å². The molecular formula is C12H12N4O2S. The monoisotopic (exact) mass is 276 g/mol. The van der Waals surface area contributed by atoms with Gasteiger partial charge in [-0.3, -0.25) is 14.6 Å². The number of H-pyrrole nitrogens is 2. The number of anilines is 1. The van der Waals surface area contributed by atoms with E-state index in [2.05, 4.69) is 9.97 Å². The van der Waals surface area contributed by atoms with E-state index in [1.807, 2.05) is 6.92 Å². The topological polar surface area (TPSA) is 118 Å². The van der Waals surface area contributed by atoms with Crippen molar-refractivity contribution in [3.05, 3.63) is 44.5 Å². The molecule has 0 radical (unpaired) electrons. The van der Waals surface area contributed by atoms with Crippen molar-refractivity contribution in [3.63, 3.8) is 0 Å². The predicted octanol–water partition coefficient (Wildman–Crippen LogP) is 1.09. The van der Waals surface area contributed by atoms with E-state index < -0.39 is 11.5 Å². The fourth-order valence-corrected chi connectivity index (χ4v) is 2.05. The molecule has 0 saturated carbocycles. The average Bonchev–Trinajstić information content (AvgIpc) is 2.27. The van der Waals surface area contributed by atoms with Gasteiger partial charge < -0.3 is 16.5 Å². The Morgan fingerprint density at radius 3 is 2.58 bits per heavy atom. The highest BCUT2D eigenvalue weighted by Crippen LogP contribution is 2.25. The number of aromatic amines is 2. The van der Waals surface area contributed by atoms with Gasteiger partial charge in [-0.2, -0.15) is 0 Å². The van der Waals surface area contributed by atoms with Crippen molar-refractivity contribution in [1.82, 2.24) is 9.97 Å². The van der Waals surface area contributed by atoms with Crippen molar-refractivity contribution < 1.29 is 4.79 Å². The smallest absolute Gasteiger partial charge is 0.261 e. The molecule has 7 heteroatoms. The second-order valence-corrected chi connectivity index (χ2v) is 4.52. The molecular weight excluding hydrogens is 264 g/mol. The third-order valence-corrected chi connectivity index (χ3v) is 2.89. The largest absolute Gasteiger partial charge is 0.385 e. The van der Waals surface area contributed by atoms with Crippen molar-refractivity contribution in [2.75, 3.05) is 5.73 Å². The molecule has 0 aliphatic carbocycles. The minimum absolute atomic E-state index is 0.0989. The van der Waals surface area contributed by atoms with Crippen LogP contribution in [0.25, 0.3) is 11.1 Å². The quantitative estimate of drug-likeness (QED) is 0.614. The number of aromatic nitrogens is 2. The first-order valence-electron chi connectivity index (χ1n) is 5.43. The van der Waals surface area contributed by atoms with Gasteiger partial charge in [0.2, 0.25) is 5.91 Å². The summed E-state index contributed by atoms with van der Waals surface area (Å²) in [5.74, 6) is -0.530. The zero-order chi connectivity index (χ0) is 14.2. The standard InChI is InChI=1S/C12H12N4O2S/c1-5-2-3-6(10(14)17)7(4-5)8-9(13)15-12(19)16-11(8)18/h2-4H,1H3,(H2,14,17)(H4,13,15,16,18,19). The van der Waals surface area contributed by atoms with E-state index >= 15 is 0 Å². The van der Waals surface area contributed by atoms with Gasteiger partial charge in [-0.05, 0) is 25.2 Å². The van der Waals surface area contributed by atoms with Gasteiger partial charge in [-0.25, -0.2) is 0 Å². The van der Waals surface area contributed by atoms with Crippen LogP contribution in [0.4, 0.5) is 5.82 Å². The highest BCUT2D eigenvalue weighted by molar-refractivity contribution is 7.71. The fourth-order valence-electron chi connectivity index (χ4n) is 1.85. The first kappa shape index (κ1) is 13.0. The van der Waals surface area contributed by atoms with Crippen LogP contribution in [0.5, 0.6) is 0 Å². The van der Waals surface area contributed by atoms with E-state index in [1.54, 1.807) is 18.2 Å². The van der Waals surface area contributed by atoms with Crippen LogP contribution >= 0.6 is 12.2 Å². The number of rotatable bonds is 2. The lowest BCUT2D eigenvalue weighted by atomic mass is 9.98. The maximum Gasteiger partial charge on any atom is 0.261 e. The summed E-state index contributed by atoms with van der Waals surface area (Å²) in [6, 6.07) is 4.98. The van der Waals surface area contributed by atoms with Gasteiger partial charge in [0.1, 0.15) is 5.82 Å².